The zero-order chi connectivity index (χ0) is 33.0. The molecule has 0 spiro atoms. The molecule has 244 valence electrons. The molecule has 2 fully saturated rings. The number of amides is 3. The number of alkyl carbamates (subject to hydrolysis) is 1. The Labute approximate surface area is 272 Å². The SMILES string of the molecule is COC(=O)N[C@H](C(=O)N1CCC[C@H]1C(=O)Nc1ccc([C@@H]2CCC(c3ccc(N)cc3)N2c2ccc(C(C)C)cc2)cc1)C(C)C. The molecule has 0 aromatic heterocycles. The maximum Gasteiger partial charge on any atom is 0.407 e. The number of carbonyl (C=O) groups is 3. The number of methoxy groups -OCH3 is 1. The van der Waals surface area contributed by atoms with Crippen LogP contribution in [0.25, 0.3) is 0 Å². The van der Waals surface area contributed by atoms with Crippen LogP contribution in [0.15, 0.2) is 72.8 Å². The Morgan fingerprint density at radius 3 is 1.96 bits per heavy atom. The summed E-state index contributed by atoms with van der Waals surface area (Å²) < 4.78 is 4.71. The maximum absolute atomic E-state index is 13.4. The van der Waals surface area contributed by atoms with Gasteiger partial charge in [0.15, 0.2) is 0 Å². The molecule has 4 atom stereocenters. The maximum atomic E-state index is 13.4. The second-order valence-electron chi connectivity index (χ2n) is 13.1. The standard InChI is InChI=1S/C37H47N5O4/c1-23(2)25-12-18-30(19-13-25)42-31(26-8-14-28(38)15-9-26)20-21-32(42)27-10-16-29(17-11-27)39-35(43)33-7-6-22-41(33)36(44)34(24(3)4)40-37(45)46-5/h8-19,23-24,31-34H,6-7,20-22,38H2,1-5H3,(H,39,43)(H,40,45)/t31?,32-,33-,34-/m0/s1. The van der Waals surface area contributed by atoms with Crippen molar-refractivity contribution in [3.05, 3.63) is 89.5 Å². The fourth-order valence-electron chi connectivity index (χ4n) is 6.77. The average molecular weight is 626 g/mol. The van der Waals surface area contributed by atoms with Crippen LogP contribution < -0.4 is 21.3 Å². The molecule has 46 heavy (non-hydrogen) atoms. The van der Waals surface area contributed by atoms with Gasteiger partial charge in [-0.15, -0.1) is 0 Å². The minimum atomic E-state index is -0.770. The zero-order valence-corrected chi connectivity index (χ0v) is 27.5. The molecule has 9 nitrogen and oxygen atoms in total. The fourth-order valence-corrected chi connectivity index (χ4v) is 6.77. The molecule has 3 amide bonds. The van der Waals surface area contributed by atoms with E-state index in [0.29, 0.717) is 24.6 Å². The number of ether oxygens (including phenoxy) is 1. The molecular weight excluding hydrogens is 578 g/mol. The molecule has 4 N–H and O–H groups in total. The Kier molecular flexibility index (Phi) is 10.2. The summed E-state index contributed by atoms with van der Waals surface area (Å²) in [4.78, 5) is 42.8. The van der Waals surface area contributed by atoms with Crippen LogP contribution in [0.4, 0.5) is 21.9 Å². The van der Waals surface area contributed by atoms with E-state index in [2.05, 4.69) is 77.9 Å². The zero-order valence-electron chi connectivity index (χ0n) is 27.5. The summed E-state index contributed by atoms with van der Waals surface area (Å²) in [6.45, 7) is 8.59. The Hall–Kier alpha value is -4.53. The van der Waals surface area contributed by atoms with Gasteiger partial charge in [0.05, 0.1) is 19.2 Å². The first-order valence-electron chi connectivity index (χ1n) is 16.4. The van der Waals surface area contributed by atoms with Crippen molar-refractivity contribution in [3.63, 3.8) is 0 Å². The van der Waals surface area contributed by atoms with E-state index >= 15 is 0 Å². The van der Waals surface area contributed by atoms with E-state index in [1.165, 1.54) is 29.5 Å². The minimum absolute atomic E-state index is 0.161. The van der Waals surface area contributed by atoms with Crippen LogP contribution in [-0.4, -0.2) is 48.5 Å². The molecule has 0 radical (unpaired) electrons. The monoisotopic (exact) mass is 625 g/mol. The van der Waals surface area contributed by atoms with Crippen LogP contribution in [0, 0.1) is 5.92 Å². The summed E-state index contributed by atoms with van der Waals surface area (Å²) in [6, 6.07) is 24.2. The molecule has 2 aliphatic heterocycles. The summed E-state index contributed by atoms with van der Waals surface area (Å²) in [5.41, 5.74) is 12.4. The second-order valence-corrected chi connectivity index (χ2v) is 13.1. The highest BCUT2D eigenvalue weighted by molar-refractivity contribution is 5.98. The van der Waals surface area contributed by atoms with Crippen LogP contribution in [-0.2, 0) is 14.3 Å². The lowest BCUT2D eigenvalue weighted by atomic mass is 10.0. The van der Waals surface area contributed by atoms with Gasteiger partial charge in [0.1, 0.15) is 12.1 Å². The quantitative estimate of drug-likeness (QED) is 0.226. The van der Waals surface area contributed by atoms with Crippen molar-refractivity contribution in [1.82, 2.24) is 10.2 Å². The van der Waals surface area contributed by atoms with Gasteiger partial charge < -0.3 is 30.9 Å². The molecule has 0 aliphatic carbocycles. The van der Waals surface area contributed by atoms with Crippen molar-refractivity contribution in [3.8, 4) is 0 Å². The number of nitrogens with zero attached hydrogens (tertiary/aromatic N) is 2. The molecule has 5 rings (SSSR count). The van der Waals surface area contributed by atoms with Gasteiger partial charge in [-0.1, -0.05) is 64.1 Å². The number of hydrogen-bond acceptors (Lipinski definition) is 6. The predicted octanol–water partition coefficient (Wildman–Crippen LogP) is 6.79. The van der Waals surface area contributed by atoms with E-state index in [0.717, 1.165) is 24.9 Å². The predicted molar refractivity (Wildman–Crippen MR) is 183 cm³/mol. The number of hydrogen-bond donors (Lipinski definition) is 3. The summed E-state index contributed by atoms with van der Waals surface area (Å²) in [7, 11) is 1.26. The normalized spacial score (nSPS) is 20.2. The average Bonchev–Trinajstić information content (AvgIpc) is 3.72. The summed E-state index contributed by atoms with van der Waals surface area (Å²) in [6.07, 6.45) is 2.62. The van der Waals surface area contributed by atoms with Crippen molar-refractivity contribution in [1.29, 1.82) is 0 Å². The van der Waals surface area contributed by atoms with Gasteiger partial charge in [0, 0.05) is 23.6 Å². The van der Waals surface area contributed by atoms with E-state index in [9.17, 15) is 14.4 Å². The molecule has 3 aromatic carbocycles. The molecule has 0 bridgehead atoms. The number of anilines is 3. The number of carbonyl (C=O) groups excluding carboxylic acids is 3. The molecule has 2 aliphatic rings. The molecule has 2 saturated heterocycles. The summed E-state index contributed by atoms with van der Waals surface area (Å²) >= 11 is 0. The number of nitrogens with two attached hydrogens (primary N) is 1. The van der Waals surface area contributed by atoms with E-state index in [-0.39, 0.29) is 29.8 Å². The first-order valence-corrected chi connectivity index (χ1v) is 16.4. The van der Waals surface area contributed by atoms with Gasteiger partial charge in [0.2, 0.25) is 11.8 Å². The van der Waals surface area contributed by atoms with Crippen LogP contribution in [0.3, 0.4) is 0 Å². The van der Waals surface area contributed by atoms with Crippen LogP contribution >= 0.6 is 0 Å². The number of benzene rings is 3. The molecule has 3 aromatic rings. The molecule has 2 heterocycles. The van der Waals surface area contributed by atoms with E-state index in [1.807, 2.05) is 38.1 Å². The summed E-state index contributed by atoms with van der Waals surface area (Å²) in [5, 5.41) is 5.67. The fraction of sp³-hybridized carbons (Fsp3) is 0.432. The van der Waals surface area contributed by atoms with Gasteiger partial charge in [-0.05, 0) is 90.6 Å². The van der Waals surface area contributed by atoms with Crippen LogP contribution in [0.5, 0.6) is 0 Å². The third kappa shape index (κ3) is 7.14. The highest BCUT2D eigenvalue weighted by Gasteiger charge is 2.39. The Balaban J connectivity index is 1.32. The van der Waals surface area contributed by atoms with Crippen molar-refractivity contribution >= 4 is 35.0 Å². The van der Waals surface area contributed by atoms with Gasteiger partial charge in [-0.3, -0.25) is 9.59 Å². The van der Waals surface area contributed by atoms with Crippen molar-refractivity contribution < 1.29 is 19.1 Å². The number of likely N-dealkylation sites (tertiary alicyclic amines) is 1. The lowest BCUT2D eigenvalue weighted by Crippen LogP contribution is -2.54. The lowest BCUT2D eigenvalue weighted by Gasteiger charge is -2.33. The number of rotatable bonds is 9. The number of nitrogens with one attached hydrogen (secondary N) is 2. The smallest absolute Gasteiger partial charge is 0.407 e. The van der Waals surface area contributed by atoms with Crippen molar-refractivity contribution in [2.24, 2.45) is 5.92 Å². The first-order chi connectivity index (χ1) is 22.1. The van der Waals surface area contributed by atoms with Gasteiger partial charge >= 0.3 is 6.09 Å². The lowest BCUT2D eigenvalue weighted by molar-refractivity contribution is -0.139. The van der Waals surface area contributed by atoms with Crippen molar-refractivity contribution in [2.45, 2.75) is 83.5 Å². The highest BCUT2D eigenvalue weighted by atomic mass is 16.5. The van der Waals surface area contributed by atoms with Gasteiger partial charge in [0.25, 0.3) is 0 Å². The molecular formula is C37H47N5O4. The number of nitrogen functional groups attached to an aromatic ring is 1. The Morgan fingerprint density at radius 2 is 1.41 bits per heavy atom. The van der Waals surface area contributed by atoms with E-state index in [4.69, 9.17) is 10.5 Å². The first kappa shape index (κ1) is 32.9. The molecule has 9 heteroatoms. The third-order valence-corrected chi connectivity index (χ3v) is 9.36. The van der Waals surface area contributed by atoms with Crippen LogP contribution in [0.2, 0.25) is 0 Å². The summed E-state index contributed by atoms with van der Waals surface area (Å²) in [5.74, 6) is -0.199. The largest absolute Gasteiger partial charge is 0.453 e. The molecule has 1 unspecified atom stereocenters. The minimum Gasteiger partial charge on any atom is -0.453 e. The van der Waals surface area contributed by atoms with Crippen molar-refractivity contribution in [2.75, 3.05) is 29.6 Å². The Morgan fingerprint density at radius 1 is 0.826 bits per heavy atom. The topological polar surface area (TPSA) is 117 Å². The van der Waals surface area contributed by atoms with Crippen LogP contribution in [0.1, 0.15) is 88.1 Å². The van der Waals surface area contributed by atoms with E-state index in [1.54, 1.807) is 4.90 Å². The highest BCUT2D eigenvalue weighted by Crippen LogP contribution is 2.47. The van der Waals surface area contributed by atoms with E-state index < -0.39 is 18.2 Å². The van der Waals surface area contributed by atoms with Gasteiger partial charge in [-0.25, -0.2) is 4.79 Å². The second kappa shape index (κ2) is 14.3. The third-order valence-electron chi connectivity index (χ3n) is 9.36. The van der Waals surface area contributed by atoms with Gasteiger partial charge in [-0.2, -0.15) is 0 Å². The molecule has 0 saturated carbocycles. The Bertz CT molecular complexity index is 1500.